The highest BCUT2D eigenvalue weighted by Gasteiger charge is 2.15. The first-order chi connectivity index (χ1) is 12.7. The number of ether oxygens (including phenoxy) is 1. The molecule has 3 N–H and O–H groups in total. The quantitative estimate of drug-likeness (QED) is 0.755. The molecule has 3 rings (SSSR count). The number of thiophene rings is 1. The highest BCUT2D eigenvalue weighted by Crippen LogP contribution is 2.34. The lowest BCUT2D eigenvalue weighted by atomic mass is 9.99. The molecular weight excluding hydrogens is 346 g/mol. The van der Waals surface area contributed by atoms with Crippen molar-refractivity contribution in [1.82, 2.24) is 5.43 Å². The first-order valence-electron chi connectivity index (χ1n) is 9.07. The average molecular weight is 372 g/mol. The number of nitrogens with zero attached hydrogens (tertiary/aromatic N) is 1. The van der Waals surface area contributed by atoms with Crippen molar-refractivity contribution in [3.63, 3.8) is 0 Å². The third kappa shape index (κ3) is 4.64. The lowest BCUT2D eigenvalue weighted by molar-refractivity contribution is 0.0959. The van der Waals surface area contributed by atoms with Crippen LogP contribution in [-0.4, -0.2) is 18.7 Å². The predicted molar refractivity (Wildman–Crippen MR) is 108 cm³/mol. The van der Waals surface area contributed by atoms with Gasteiger partial charge in [-0.2, -0.15) is 5.10 Å². The minimum Gasteiger partial charge on any atom is -0.497 e. The number of hydrazone groups is 1. The van der Waals surface area contributed by atoms with E-state index in [1.165, 1.54) is 30.6 Å². The Hall–Kier alpha value is -2.34. The van der Waals surface area contributed by atoms with E-state index in [1.807, 2.05) is 30.3 Å². The molecule has 0 radical (unpaired) electrons. The largest absolute Gasteiger partial charge is 0.497 e. The number of hydrogen-bond acceptors (Lipinski definition) is 5. The van der Waals surface area contributed by atoms with Crippen molar-refractivity contribution >= 4 is 28.6 Å². The average Bonchev–Trinajstić information content (AvgIpc) is 3.02. The molecule has 2 aromatic rings. The summed E-state index contributed by atoms with van der Waals surface area (Å²) in [6, 6.07) is 9.54. The van der Waals surface area contributed by atoms with Crippen molar-refractivity contribution in [3.05, 3.63) is 35.2 Å². The van der Waals surface area contributed by atoms with E-state index in [-0.39, 0.29) is 5.91 Å². The Morgan fingerprint density at radius 2 is 1.77 bits per heavy atom. The van der Waals surface area contributed by atoms with Gasteiger partial charge >= 0.3 is 0 Å². The molecule has 1 aliphatic rings. The molecule has 0 aliphatic heterocycles. The number of nitrogens with two attached hydrogens (primary N) is 1. The standard InChI is InChI=1S/C20H25N3O2S/c1-25-16-11-9-14(10-12-16)18-13-17(21)19(26-18)20(24)23-22-15-7-5-3-2-4-6-8-15/h9-13H,2-8,21H2,1H3,(H,23,24). The minimum atomic E-state index is -0.234. The van der Waals surface area contributed by atoms with E-state index in [9.17, 15) is 4.79 Å². The molecule has 1 saturated carbocycles. The Labute approximate surface area is 158 Å². The molecular formula is C20H25N3O2S. The van der Waals surface area contributed by atoms with Gasteiger partial charge in [-0.25, -0.2) is 5.43 Å². The van der Waals surface area contributed by atoms with Crippen molar-refractivity contribution in [2.24, 2.45) is 5.10 Å². The van der Waals surface area contributed by atoms with Crippen LogP contribution in [0.2, 0.25) is 0 Å². The Balaban J connectivity index is 1.70. The van der Waals surface area contributed by atoms with Gasteiger partial charge in [0.15, 0.2) is 0 Å². The van der Waals surface area contributed by atoms with Crippen LogP contribution in [0.3, 0.4) is 0 Å². The molecule has 0 spiro atoms. The van der Waals surface area contributed by atoms with Gasteiger partial charge < -0.3 is 10.5 Å². The Morgan fingerprint density at radius 1 is 1.12 bits per heavy atom. The Bertz CT molecular complexity index is 771. The third-order valence-corrected chi connectivity index (χ3v) is 5.79. The van der Waals surface area contributed by atoms with Crippen LogP contribution in [0.4, 0.5) is 5.69 Å². The second-order valence-electron chi connectivity index (χ2n) is 6.51. The zero-order valence-electron chi connectivity index (χ0n) is 15.1. The molecule has 0 atom stereocenters. The summed E-state index contributed by atoms with van der Waals surface area (Å²) in [5.41, 5.74) is 11.3. The summed E-state index contributed by atoms with van der Waals surface area (Å²) in [4.78, 5) is 14.0. The van der Waals surface area contributed by atoms with Crippen LogP contribution in [0.15, 0.2) is 35.4 Å². The number of methoxy groups -OCH3 is 1. The monoisotopic (exact) mass is 371 g/mol. The van der Waals surface area contributed by atoms with Crippen molar-refractivity contribution in [2.75, 3.05) is 12.8 Å². The summed E-state index contributed by atoms with van der Waals surface area (Å²) in [5, 5.41) is 4.36. The summed E-state index contributed by atoms with van der Waals surface area (Å²) in [6.45, 7) is 0. The second-order valence-corrected chi connectivity index (χ2v) is 7.56. The number of anilines is 1. The van der Waals surface area contributed by atoms with Crippen LogP contribution in [0, 0.1) is 0 Å². The number of nitrogens with one attached hydrogen (secondary N) is 1. The van der Waals surface area contributed by atoms with Crippen molar-refractivity contribution in [2.45, 2.75) is 44.9 Å². The van der Waals surface area contributed by atoms with Gasteiger partial charge in [0.25, 0.3) is 5.91 Å². The number of hydrogen-bond donors (Lipinski definition) is 2. The van der Waals surface area contributed by atoms with Crippen LogP contribution < -0.4 is 15.9 Å². The molecule has 1 aromatic heterocycles. The fourth-order valence-corrected chi connectivity index (χ4v) is 4.06. The van der Waals surface area contributed by atoms with Gasteiger partial charge in [-0.15, -0.1) is 11.3 Å². The van der Waals surface area contributed by atoms with Crippen molar-refractivity contribution in [3.8, 4) is 16.2 Å². The Morgan fingerprint density at radius 3 is 2.42 bits per heavy atom. The second kappa shape index (κ2) is 8.85. The number of amides is 1. The molecule has 26 heavy (non-hydrogen) atoms. The van der Waals surface area contributed by atoms with Crippen LogP contribution in [-0.2, 0) is 0 Å². The summed E-state index contributed by atoms with van der Waals surface area (Å²) in [6.07, 6.45) is 8.04. The molecule has 0 bridgehead atoms. The first-order valence-corrected chi connectivity index (χ1v) is 9.88. The van der Waals surface area contributed by atoms with E-state index in [0.717, 1.165) is 47.6 Å². The maximum Gasteiger partial charge on any atom is 0.283 e. The highest BCUT2D eigenvalue weighted by atomic mass is 32.1. The van der Waals surface area contributed by atoms with Crippen LogP contribution >= 0.6 is 11.3 Å². The molecule has 1 aliphatic carbocycles. The molecule has 1 fully saturated rings. The fourth-order valence-electron chi connectivity index (χ4n) is 3.09. The van der Waals surface area contributed by atoms with Gasteiger partial charge in [-0.1, -0.05) is 19.3 Å². The first kappa shape index (κ1) is 18.5. The minimum absolute atomic E-state index is 0.234. The van der Waals surface area contributed by atoms with E-state index in [2.05, 4.69) is 10.5 Å². The number of carbonyl (C=O) groups is 1. The maximum absolute atomic E-state index is 12.5. The van der Waals surface area contributed by atoms with E-state index < -0.39 is 0 Å². The van der Waals surface area contributed by atoms with E-state index >= 15 is 0 Å². The molecule has 0 saturated heterocycles. The summed E-state index contributed by atoms with van der Waals surface area (Å²) in [7, 11) is 1.64. The van der Waals surface area contributed by atoms with Crippen LogP contribution in [0.5, 0.6) is 5.75 Å². The SMILES string of the molecule is COc1ccc(-c2cc(N)c(C(=O)NN=C3CCCCCCC3)s2)cc1. The van der Waals surface area contributed by atoms with Gasteiger partial charge in [0.1, 0.15) is 10.6 Å². The summed E-state index contributed by atoms with van der Waals surface area (Å²) in [5.74, 6) is 0.563. The Kier molecular flexibility index (Phi) is 6.28. The van der Waals surface area contributed by atoms with E-state index in [4.69, 9.17) is 10.5 Å². The molecule has 138 valence electrons. The molecule has 1 aromatic carbocycles. The van der Waals surface area contributed by atoms with E-state index in [0.29, 0.717) is 10.6 Å². The third-order valence-electron chi connectivity index (χ3n) is 4.59. The van der Waals surface area contributed by atoms with Gasteiger partial charge in [0, 0.05) is 10.6 Å². The number of carbonyl (C=O) groups excluding carboxylic acids is 1. The van der Waals surface area contributed by atoms with Crippen molar-refractivity contribution < 1.29 is 9.53 Å². The molecule has 0 unspecified atom stereocenters. The summed E-state index contributed by atoms with van der Waals surface area (Å²) < 4.78 is 5.18. The molecule has 1 heterocycles. The number of nitrogen functional groups attached to an aromatic ring is 1. The number of rotatable bonds is 4. The van der Waals surface area contributed by atoms with Gasteiger partial charge in [-0.05, 0) is 61.6 Å². The zero-order valence-corrected chi connectivity index (χ0v) is 15.9. The maximum atomic E-state index is 12.5. The molecule has 1 amide bonds. The topological polar surface area (TPSA) is 76.7 Å². The van der Waals surface area contributed by atoms with Crippen LogP contribution in [0.25, 0.3) is 10.4 Å². The highest BCUT2D eigenvalue weighted by molar-refractivity contribution is 7.18. The zero-order chi connectivity index (χ0) is 18.4. The summed E-state index contributed by atoms with van der Waals surface area (Å²) >= 11 is 1.38. The molecule has 6 heteroatoms. The van der Waals surface area contributed by atoms with Gasteiger partial charge in [0.2, 0.25) is 0 Å². The number of benzene rings is 1. The van der Waals surface area contributed by atoms with E-state index in [1.54, 1.807) is 7.11 Å². The fraction of sp³-hybridized carbons (Fsp3) is 0.400. The molecule has 5 nitrogen and oxygen atoms in total. The van der Waals surface area contributed by atoms with Gasteiger partial charge in [0.05, 0.1) is 12.8 Å². The predicted octanol–water partition coefficient (Wildman–Crippen LogP) is 4.84. The lowest BCUT2D eigenvalue weighted by Gasteiger charge is -2.10. The smallest absolute Gasteiger partial charge is 0.283 e. The van der Waals surface area contributed by atoms with Crippen LogP contribution in [0.1, 0.15) is 54.6 Å². The van der Waals surface area contributed by atoms with Crippen molar-refractivity contribution in [1.29, 1.82) is 0 Å². The lowest BCUT2D eigenvalue weighted by Crippen LogP contribution is -2.20. The van der Waals surface area contributed by atoms with Gasteiger partial charge in [-0.3, -0.25) is 4.79 Å². The normalized spacial score (nSPS) is 15.0.